The van der Waals surface area contributed by atoms with Crippen LogP contribution in [0.4, 0.5) is 10.5 Å². The molecule has 22 heavy (non-hydrogen) atoms. The second kappa shape index (κ2) is 6.19. The summed E-state index contributed by atoms with van der Waals surface area (Å²) in [7, 11) is 0. The van der Waals surface area contributed by atoms with Gasteiger partial charge in [-0.1, -0.05) is 12.1 Å². The van der Waals surface area contributed by atoms with E-state index >= 15 is 0 Å². The molecule has 1 aromatic carbocycles. The molecular weight excluding hydrogens is 300 g/mol. The number of anilines is 1. The molecule has 0 radical (unpaired) electrons. The number of aryl methyl sites for hydroxylation is 1. The van der Waals surface area contributed by atoms with Gasteiger partial charge in [0.2, 0.25) is 0 Å². The Morgan fingerprint density at radius 3 is 2.91 bits per heavy atom. The van der Waals surface area contributed by atoms with Crippen LogP contribution in [0, 0.1) is 6.92 Å². The van der Waals surface area contributed by atoms with Crippen molar-refractivity contribution in [2.75, 3.05) is 18.5 Å². The quantitative estimate of drug-likeness (QED) is 0.942. The molecule has 2 heterocycles. The third kappa shape index (κ3) is 3.28. The molecule has 0 bridgehead atoms. The van der Waals surface area contributed by atoms with E-state index in [-0.39, 0.29) is 12.0 Å². The molecule has 1 aliphatic heterocycles. The molecule has 3 rings (SSSR count). The average molecular weight is 316 g/mol. The van der Waals surface area contributed by atoms with E-state index in [0.717, 1.165) is 16.1 Å². The standard InChI is InChI=1S/C16H16N2O3S/c1-11-5-6-14(22-11)15(19)17-13-4-2-3-12(9-13)10-18-7-8-21-16(18)20/h2-6,9H,7-8,10H2,1H3,(H,17,19). The van der Waals surface area contributed by atoms with Gasteiger partial charge in [-0.15, -0.1) is 11.3 Å². The minimum atomic E-state index is -0.288. The number of hydrogen-bond acceptors (Lipinski definition) is 4. The highest BCUT2D eigenvalue weighted by molar-refractivity contribution is 7.14. The molecular formula is C16H16N2O3S. The maximum atomic E-state index is 12.2. The smallest absolute Gasteiger partial charge is 0.410 e. The molecule has 0 saturated carbocycles. The summed E-state index contributed by atoms with van der Waals surface area (Å²) >= 11 is 1.46. The highest BCUT2D eigenvalue weighted by Gasteiger charge is 2.21. The third-order valence-corrected chi connectivity index (χ3v) is 4.37. The third-order valence-electron chi connectivity index (χ3n) is 3.37. The Bertz CT molecular complexity index is 711. The first-order chi connectivity index (χ1) is 10.6. The molecule has 1 aliphatic rings. The van der Waals surface area contributed by atoms with Crippen LogP contribution in [0.3, 0.4) is 0 Å². The molecule has 0 unspecified atom stereocenters. The van der Waals surface area contributed by atoms with Gasteiger partial charge in [-0.25, -0.2) is 4.79 Å². The summed E-state index contributed by atoms with van der Waals surface area (Å²) in [6.07, 6.45) is -0.288. The fourth-order valence-electron chi connectivity index (χ4n) is 2.29. The van der Waals surface area contributed by atoms with Crippen molar-refractivity contribution in [3.63, 3.8) is 0 Å². The largest absolute Gasteiger partial charge is 0.448 e. The Morgan fingerprint density at radius 2 is 2.23 bits per heavy atom. The van der Waals surface area contributed by atoms with E-state index in [1.807, 2.05) is 43.3 Å². The summed E-state index contributed by atoms with van der Waals surface area (Å²) in [6, 6.07) is 11.3. The predicted molar refractivity (Wildman–Crippen MR) is 85.2 cm³/mol. The number of amides is 2. The number of carbonyl (C=O) groups excluding carboxylic acids is 2. The highest BCUT2D eigenvalue weighted by atomic mass is 32.1. The van der Waals surface area contributed by atoms with E-state index in [9.17, 15) is 9.59 Å². The van der Waals surface area contributed by atoms with Crippen LogP contribution >= 0.6 is 11.3 Å². The molecule has 0 spiro atoms. The van der Waals surface area contributed by atoms with E-state index in [0.29, 0.717) is 24.6 Å². The van der Waals surface area contributed by atoms with Gasteiger partial charge in [-0.2, -0.15) is 0 Å². The Hall–Kier alpha value is -2.34. The lowest BCUT2D eigenvalue weighted by Gasteiger charge is -2.13. The van der Waals surface area contributed by atoms with Gasteiger partial charge in [0.1, 0.15) is 6.61 Å². The van der Waals surface area contributed by atoms with Gasteiger partial charge in [0.25, 0.3) is 5.91 Å². The van der Waals surface area contributed by atoms with E-state index in [1.54, 1.807) is 4.90 Å². The van der Waals surface area contributed by atoms with Crippen molar-refractivity contribution in [1.29, 1.82) is 0 Å². The molecule has 1 saturated heterocycles. The summed E-state index contributed by atoms with van der Waals surface area (Å²) in [5.74, 6) is -0.115. The summed E-state index contributed by atoms with van der Waals surface area (Å²) in [5.41, 5.74) is 1.68. The molecule has 1 fully saturated rings. The summed E-state index contributed by atoms with van der Waals surface area (Å²) in [5, 5.41) is 2.88. The predicted octanol–water partition coefficient (Wildman–Crippen LogP) is 3.26. The molecule has 1 aromatic heterocycles. The van der Waals surface area contributed by atoms with Crippen LogP contribution in [0.15, 0.2) is 36.4 Å². The second-order valence-corrected chi connectivity index (χ2v) is 6.39. The van der Waals surface area contributed by atoms with Crippen molar-refractivity contribution in [3.05, 3.63) is 51.7 Å². The molecule has 5 nitrogen and oxygen atoms in total. The second-order valence-electron chi connectivity index (χ2n) is 5.10. The highest BCUT2D eigenvalue weighted by Crippen LogP contribution is 2.19. The van der Waals surface area contributed by atoms with Crippen molar-refractivity contribution in [2.45, 2.75) is 13.5 Å². The molecule has 0 atom stereocenters. The van der Waals surface area contributed by atoms with Crippen molar-refractivity contribution in [2.24, 2.45) is 0 Å². The number of thiophene rings is 1. The van der Waals surface area contributed by atoms with Crippen LogP contribution in [-0.2, 0) is 11.3 Å². The van der Waals surface area contributed by atoms with Crippen LogP contribution in [0.25, 0.3) is 0 Å². The van der Waals surface area contributed by atoms with E-state index in [4.69, 9.17) is 4.74 Å². The minimum Gasteiger partial charge on any atom is -0.448 e. The average Bonchev–Trinajstić information content (AvgIpc) is 3.09. The zero-order chi connectivity index (χ0) is 15.5. The molecule has 2 amide bonds. The normalized spacial score (nSPS) is 14.0. The van der Waals surface area contributed by atoms with Crippen molar-refractivity contribution >= 4 is 29.0 Å². The van der Waals surface area contributed by atoms with Gasteiger partial charge in [0.15, 0.2) is 0 Å². The zero-order valence-electron chi connectivity index (χ0n) is 12.2. The number of nitrogens with zero attached hydrogens (tertiary/aromatic N) is 1. The first-order valence-corrected chi connectivity index (χ1v) is 7.82. The van der Waals surface area contributed by atoms with Crippen molar-refractivity contribution < 1.29 is 14.3 Å². The Kier molecular flexibility index (Phi) is 4.11. The Labute approximate surface area is 132 Å². The summed E-state index contributed by atoms with van der Waals surface area (Å²) < 4.78 is 4.91. The van der Waals surface area contributed by atoms with Crippen molar-refractivity contribution in [1.82, 2.24) is 4.90 Å². The van der Waals surface area contributed by atoms with Gasteiger partial charge >= 0.3 is 6.09 Å². The molecule has 6 heteroatoms. The number of hydrogen-bond donors (Lipinski definition) is 1. The Morgan fingerprint density at radius 1 is 1.36 bits per heavy atom. The first kappa shape index (κ1) is 14.6. The van der Waals surface area contributed by atoms with Crippen LogP contribution in [0.5, 0.6) is 0 Å². The monoisotopic (exact) mass is 316 g/mol. The minimum absolute atomic E-state index is 0.115. The number of nitrogens with one attached hydrogen (secondary N) is 1. The van der Waals surface area contributed by atoms with E-state index in [1.165, 1.54) is 11.3 Å². The van der Waals surface area contributed by atoms with E-state index < -0.39 is 0 Å². The molecule has 2 aromatic rings. The topological polar surface area (TPSA) is 58.6 Å². The summed E-state index contributed by atoms with van der Waals surface area (Å²) in [4.78, 5) is 27.0. The van der Waals surface area contributed by atoms with Gasteiger partial charge < -0.3 is 15.0 Å². The van der Waals surface area contributed by atoms with Crippen LogP contribution in [-0.4, -0.2) is 30.1 Å². The van der Waals surface area contributed by atoms with Gasteiger partial charge in [0.05, 0.1) is 11.4 Å². The number of carbonyl (C=O) groups is 2. The number of benzene rings is 1. The lowest BCUT2D eigenvalue weighted by Crippen LogP contribution is -2.23. The molecule has 114 valence electrons. The Balaban J connectivity index is 1.68. The fourth-order valence-corrected chi connectivity index (χ4v) is 3.05. The number of cyclic esters (lactones) is 1. The van der Waals surface area contributed by atoms with Crippen molar-refractivity contribution in [3.8, 4) is 0 Å². The number of rotatable bonds is 4. The maximum absolute atomic E-state index is 12.2. The van der Waals surface area contributed by atoms with Crippen LogP contribution < -0.4 is 5.32 Å². The van der Waals surface area contributed by atoms with E-state index in [2.05, 4.69) is 5.32 Å². The fraction of sp³-hybridized carbons (Fsp3) is 0.250. The zero-order valence-corrected chi connectivity index (χ0v) is 13.0. The van der Waals surface area contributed by atoms with Crippen LogP contribution in [0.2, 0.25) is 0 Å². The van der Waals surface area contributed by atoms with Gasteiger partial charge in [0, 0.05) is 17.1 Å². The number of ether oxygens (including phenoxy) is 1. The SMILES string of the molecule is Cc1ccc(C(=O)Nc2cccc(CN3CCOC3=O)c2)s1. The molecule has 0 aliphatic carbocycles. The van der Waals surface area contributed by atoms with Gasteiger partial charge in [-0.3, -0.25) is 4.79 Å². The van der Waals surface area contributed by atoms with Crippen LogP contribution in [0.1, 0.15) is 20.1 Å². The molecule has 1 N–H and O–H groups in total. The summed E-state index contributed by atoms with van der Waals surface area (Å²) in [6.45, 7) is 3.49. The first-order valence-electron chi connectivity index (χ1n) is 7.00. The maximum Gasteiger partial charge on any atom is 0.410 e. The lowest BCUT2D eigenvalue weighted by atomic mass is 10.2. The lowest BCUT2D eigenvalue weighted by molar-refractivity contribution is 0.103. The van der Waals surface area contributed by atoms with Gasteiger partial charge in [-0.05, 0) is 36.8 Å².